The lowest BCUT2D eigenvalue weighted by molar-refractivity contribution is 0.628. The number of hydrogen-bond acceptors (Lipinski definition) is 1. The fraction of sp³-hybridized carbons (Fsp3) is 0.727. The Hall–Kier alpha value is -0.590. The molecule has 0 heterocycles. The van der Waals surface area contributed by atoms with E-state index >= 15 is 0 Å². The van der Waals surface area contributed by atoms with Crippen molar-refractivity contribution >= 4 is 6.21 Å². The lowest BCUT2D eigenvalue weighted by atomic mass is 10.1. The molecule has 0 aromatic rings. The number of aliphatic imine (C=N–C) groups is 1. The van der Waals surface area contributed by atoms with Gasteiger partial charge in [-0.05, 0) is 31.9 Å². The van der Waals surface area contributed by atoms with Gasteiger partial charge in [0.2, 0.25) is 0 Å². The zero-order chi connectivity index (χ0) is 9.07. The van der Waals surface area contributed by atoms with E-state index in [-0.39, 0.29) is 0 Å². The second-order valence-electron chi connectivity index (χ2n) is 3.07. The largest absolute Gasteiger partial charge is 0.301 e. The molecule has 0 saturated carbocycles. The smallest absolute Gasteiger partial charge is 0.0273 e. The van der Waals surface area contributed by atoms with Gasteiger partial charge in [-0.25, -0.2) is 0 Å². The molecule has 0 bridgehead atoms. The van der Waals surface area contributed by atoms with Crippen LogP contribution in [0.3, 0.4) is 0 Å². The van der Waals surface area contributed by atoms with E-state index in [1.54, 1.807) is 0 Å². The summed E-state index contributed by atoms with van der Waals surface area (Å²) in [5, 5.41) is 0. The highest BCUT2D eigenvalue weighted by Gasteiger charge is 1.87. The van der Waals surface area contributed by atoms with E-state index in [1.165, 1.54) is 38.5 Å². The Kier molecular flexibility index (Phi) is 9.90. The van der Waals surface area contributed by atoms with Crippen molar-refractivity contribution in [3.8, 4) is 0 Å². The molecule has 1 nitrogen and oxygen atoms in total. The van der Waals surface area contributed by atoms with Crippen molar-refractivity contribution < 1.29 is 0 Å². The van der Waals surface area contributed by atoms with E-state index in [2.05, 4.69) is 11.6 Å². The first-order valence-corrected chi connectivity index (χ1v) is 4.93. The highest BCUT2D eigenvalue weighted by atomic mass is 14.6. The Morgan fingerprint density at radius 3 is 2.17 bits per heavy atom. The summed E-state index contributed by atoms with van der Waals surface area (Å²) in [7, 11) is 1.84. The molecule has 0 aliphatic heterocycles. The Morgan fingerprint density at radius 2 is 1.58 bits per heavy atom. The van der Waals surface area contributed by atoms with Crippen LogP contribution in [0.4, 0.5) is 0 Å². The summed E-state index contributed by atoms with van der Waals surface area (Å²) in [5.74, 6) is 0. The first kappa shape index (κ1) is 11.4. The Bertz CT molecular complexity index is 116. The third-order valence-corrected chi connectivity index (χ3v) is 1.92. The maximum atomic E-state index is 3.94. The molecular weight excluding hydrogens is 146 g/mol. The fourth-order valence-electron chi connectivity index (χ4n) is 1.18. The fourth-order valence-corrected chi connectivity index (χ4v) is 1.18. The van der Waals surface area contributed by atoms with Crippen molar-refractivity contribution in [1.29, 1.82) is 0 Å². The SMILES string of the molecule is C=CCCCCCCC/C=N/C. The standard InChI is InChI=1S/C11H21N/c1-3-4-5-6-7-8-9-10-11-12-2/h3,11H,1,4-10H2,2H3/b12-11+. The van der Waals surface area contributed by atoms with Crippen LogP contribution in [0.2, 0.25) is 0 Å². The van der Waals surface area contributed by atoms with Gasteiger partial charge in [-0.2, -0.15) is 0 Å². The summed E-state index contributed by atoms with van der Waals surface area (Å²) in [6.07, 6.45) is 13.0. The third kappa shape index (κ3) is 9.41. The molecule has 0 aliphatic carbocycles. The van der Waals surface area contributed by atoms with Gasteiger partial charge < -0.3 is 4.99 Å². The lowest BCUT2D eigenvalue weighted by Crippen LogP contribution is -1.80. The average Bonchev–Trinajstić information content (AvgIpc) is 2.10. The van der Waals surface area contributed by atoms with E-state index in [4.69, 9.17) is 0 Å². The van der Waals surface area contributed by atoms with E-state index in [0.717, 1.165) is 6.42 Å². The van der Waals surface area contributed by atoms with Gasteiger partial charge >= 0.3 is 0 Å². The van der Waals surface area contributed by atoms with E-state index < -0.39 is 0 Å². The minimum atomic E-state index is 1.15. The van der Waals surface area contributed by atoms with E-state index in [1.807, 2.05) is 19.3 Å². The second-order valence-corrected chi connectivity index (χ2v) is 3.07. The summed E-state index contributed by atoms with van der Waals surface area (Å²) in [6.45, 7) is 3.70. The van der Waals surface area contributed by atoms with Crippen LogP contribution in [-0.2, 0) is 0 Å². The molecule has 0 N–H and O–H groups in total. The van der Waals surface area contributed by atoms with Crippen molar-refractivity contribution in [1.82, 2.24) is 0 Å². The molecule has 0 spiro atoms. The molecule has 0 aromatic carbocycles. The topological polar surface area (TPSA) is 12.4 Å². The molecule has 0 fully saturated rings. The van der Waals surface area contributed by atoms with Gasteiger partial charge in [0.15, 0.2) is 0 Å². The molecule has 0 aliphatic rings. The summed E-state index contributed by atoms with van der Waals surface area (Å²) in [5.41, 5.74) is 0. The van der Waals surface area contributed by atoms with Gasteiger partial charge in [-0.15, -0.1) is 6.58 Å². The van der Waals surface area contributed by atoms with Crippen LogP contribution in [0.5, 0.6) is 0 Å². The number of rotatable bonds is 8. The lowest BCUT2D eigenvalue weighted by Gasteiger charge is -1.97. The van der Waals surface area contributed by atoms with Crippen LogP contribution in [0.15, 0.2) is 17.6 Å². The molecule has 12 heavy (non-hydrogen) atoms. The Labute approximate surface area is 76.6 Å². The van der Waals surface area contributed by atoms with E-state index in [9.17, 15) is 0 Å². The van der Waals surface area contributed by atoms with Crippen LogP contribution in [-0.4, -0.2) is 13.3 Å². The minimum Gasteiger partial charge on any atom is -0.301 e. The van der Waals surface area contributed by atoms with Gasteiger partial charge in [0, 0.05) is 7.05 Å². The average molecular weight is 167 g/mol. The predicted molar refractivity (Wildman–Crippen MR) is 56.9 cm³/mol. The van der Waals surface area contributed by atoms with Gasteiger partial charge in [-0.3, -0.25) is 0 Å². The molecule has 0 rings (SSSR count). The molecule has 70 valence electrons. The van der Waals surface area contributed by atoms with Crippen molar-refractivity contribution in [2.75, 3.05) is 7.05 Å². The molecule has 0 atom stereocenters. The second kappa shape index (κ2) is 10.4. The summed E-state index contributed by atoms with van der Waals surface area (Å²) < 4.78 is 0. The molecular formula is C11H21N. The van der Waals surface area contributed by atoms with Crippen LogP contribution in [0.1, 0.15) is 44.9 Å². The van der Waals surface area contributed by atoms with Gasteiger partial charge in [0.25, 0.3) is 0 Å². The van der Waals surface area contributed by atoms with E-state index in [0.29, 0.717) is 0 Å². The number of allylic oxidation sites excluding steroid dienone is 1. The maximum absolute atomic E-state index is 3.94. The highest BCUT2D eigenvalue weighted by Crippen LogP contribution is 2.06. The summed E-state index contributed by atoms with van der Waals surface area (Å²) in [6, 6.07) is 0. The first-order chi connectivity index (χ1) is 5.91. The maximum Gasteiger partial charge on any atom is 0.0273 e. The zero-order valence-electron chi connectivity index (χ0n) is 8.26. The summed E-state index contributed by atoms with van der Waals surface area (Å²) >= 11 is 0. The molecule has 0 amide bonds. The third-order valence-electron chi connectivity index (χ3n) is 1.92. The van der Waals surface area contributed by atoms with Crippen molar-refractivity contribution in [2.24, 2.45) is 4.99 Å². The monoisotopic (exact) mass is 167 g/mol. The molecule has 1 heteroatoms. The van der Waals surface area contributed by atoms with Crippen molar-refractivity contribution in [3.05, 3.63) is 12.7 Å². The Morgan fingerprint density at radius 1 is 1.00 bits per heavy atom. The van der Waals surface area contributed by atoms with Crippen LogP contribution < -0.4 is 0 Å². The van der Waals surface area contributed by atoms with Crippen LogP contribution >= 0.6 is 0 Å². The molecule has 0 unspecified atom stereocenters. The quantitative estimate of drug-likeness (QED) is 0.297. The summed E-state index contributed by atoms with van der Waals surface area (Å²) in [4.78, 5) is 3.94. The number of nitrogens with zero attached hydrogens (tertiary/aromatic N) is 1. The zero-order valence-corrected chi connectivity index (χ0v) is 8.26. The van der Waals surface area contributed by atoms with Crippen molar-refractivity contribution in [3.63, 3.8) is 0 Å². The molecule has 0 aromatic heterocycles. The number of unbranched alkanes of at least 4 members (excludes halogenated alkanes) is 6. The van der Waals surface area contributed by atoms with Gasteiger partial charge in [0.05, 0.1) is 0 Å². The van der Waals surface area contributed by atoms with Gasteiger partial charge in [0.1, 0.15) is 0 Å². The van der Waals surface area contributed by atoms with Crippen LogP contribution in [0.25, 0.3) is 0 Å². The van der Waals surface area contributed by atoms with Gasteiger partial charge in [-0.1, -0.05) is 25.3 Å². The molecule has 0 radical (unpaired) electrons. The minimum absolute atomic E-state index is 1.15. The normalized spacial score (nSPS) is 10.8. The van der Waals surface area contributed by atoms with Crippen molar-refractivity contribution in [2.45, 2.75) is 44.9 Å². The molecule has 0 saturated heterocycles. The predicted octanol–water partition coefficient (Wildman–Crippen LogP) is 3.60. The van der Waals surface area contributed by atoms with Crippen LogP contribution in [0, 0.1) is 0 Å². The first-order valence-electron chi connectivity index (χ1n) is 4.93. The highest BCUT2D eigenvalue weighted by molar-refractivity contribution is 5.56. The number of hydrogen-bond donors (Lipinski definition) is 0. The Balaban J connectivity index is 2.86.